The highest BCUT2D eigenvalue weighted by Crippen LogP contribution is 2.37. The monoisotopic (exact) mass is 414 g/mol. The number of benzene rings is 2. The number of fused-ring (bicyclic) bond motifs is 2. The fraction of sp³-hybridized carbons (Fsp3) is 0.286. The van der Waals surface area contributed by atoms with Gasteiger partial charge in [0.15, 0.2) is 11.9 Å². The minimum absolute atomic E-state index is 0.00201. The van der Waals surface area contributed by atoms with E-state index in [0.717, 1.165) is 0 Å². The minimum Gasteiger partial charge on any atom is -0.466 e. The first-order valence-electron chi connectivity index (χ1n) is 9.27. The van der Waals surface area contributed by atoms with Gasteiger partial charge >= 0.3 is 12.2 Å². The van der Waals surface area contributed by atoms with Crippen molar-refractivity contribution in [2.75, 3.05) is 13.7 Å². The van der Waals surface area contributed by atoms with E-state index in [1.807, 2.05) is 0 Å². The van der Waals surface area contributed by atoms with E-state index in [9.17, 15) is 18.8 Å². The quantitative estimate of drug-likeness (QED) is 0.773. The van der Waals surface area contributed by atoms with E-state index >= 15 is 0 Å². The zero-order chi connectivity index (χ0) is 21.4. The first kappa shape index (κ1) is 19.7. The number of alkyl carbamates (subject to hydrolysis) is 1. The summed E-state index contributed by atoms with van der Waals surface area (Å²) < 4.78 is 30.4. The number of rotatable bonds is 4. The number of nitrogens with one attached hydrogen (secondary N) is 1. The van der Waals surface area contributed by atoms with Gasteiger partial charge in [0.2, 0.25) is 6.23 Å². The second-order valence-electron chi connectivity index (χ2n) is 7.00. The molecular formula is C21H19FN2O6. The number of ether oxygens (including phenoxy) is 3. The molecule has 8 nitrogen and oxygen atoms in total. The lowest BCUT2D eigenvalue weighted by Gasteiger charge is -2.31. The van der Waals surface area contributed by atoms with Crippen LogP contribution in [0.5, 0.6) is 5.75 Å². The Balaban J connectivity index is 1.59. The van der Waals surface area contributed by atoms with Crippen LogP contribution in [0.2, 0.25) is 0 Å². The maximum Gasteiger partial charge on any atom is 0.413 e. The third-order valence-electron chi connectivity index (χ3n) is 5.09. The van der Waals surface area contributed by atoms with Gasteiger partial charge in [-0.2, -0.15) is 0 Å². The Morgan fingerprint density at radius 1 is 1.23 bits per heavy atom. The maximum atomic E-state index is 14.8. The molecular weight excluding hydrogens is 395 g/mol. The average Bonchev–Trinajstić information content (AvgIpc) is 3.04. The number of hydrogen-bond donors (Lipinski definition) is 1. The highest BCUT2D eigenvalue weighted by molar-refractivity contribution is 5.94. The molecule has 9 heteroatoms. The number of Topliss-reactive ketones (excluding diaryl/α,β-unsaturated/α-hetero) is 1. The lowest BCUT2D eigenvalue weighted by molar-refractivity contribution is 0.0185. The first-order valence-corrected chi connectivity index (χ1v) is 9.27. The molecule has 2 amide bonds. The van der Waals surface area contributed by atoms with Gasteiger partial charge in [0, 0.05) is 22.8 Å². The lowest BCUT2D eigenvalue weighted by atomic mass is 9.99. The third kappa shape index (κ3) is 3.54. The summed E-state index contributed by atoms with van der Waals surface area (Å²) in [4.78, 5) is 36.4. The topological polar surface area (TPSA) is 94.2 Å². The first-order chi connectivity index (χ1) is 14.4. The molecule has 1 fully saturated rings. The number of amides is 2. The van der Waals surface area contributed by atoms with E-state index in [4.69, 9.17) is 9.47 Å². The SMILES string of the molecule is COC(=O)NC[C@@H]1OC(=O)N2Cc3cc(-c4ccc(C(C)=O)cc4)c(F)cc3O[C@@H]12. The van der Waals surface area contributed by atoms with Gasteiger partial charge in [0.05, 0.1) is 20.2 Å². The molecule has 30 heavy (non-hydrogen) atoms. The molecule has 4 rings (SSSR count). The van der Waals surface area contributed by atoms with Crippen LogP contribution >= 0.6 is 0 Å². The van der Waals surface area contributed by atoms with E-state index in [1.54, 1.807) is 30.3 Å². The number of nitrogens with zero attached hydrogens (tertiary/aromatic N) is 1. The number of carbonyl (C=O) groups is 3. The van der Waals surface area contributed by atoms with Gasteiger partial charge < -0.3 is 19.5 Å². The lowest BCUT2D eigenvalue weighted by Crippen LogP contribution is -2.47. The molecule has 0 bridgehead atoms. The van der Waals surface area contributed by atoms with Crippen LogP contribution in [0.15, 0.2) is 36.4 Å². The molecule has 0 spiro atoms. The van der Waals surface area contributed by atoms with Crippen molar-refractivity contribution >= 4 is 18.0 Å². The standard InChI is InChI=1S/C21H19FN2O6/c1-11(25)12-3-5-13(6-4-12)15-7-14-10-24-19(29-17(14)8-16(15)22)18(30-21(24)27)9-23-20(26)28-2/h3-8,18-19H,9-10H2,1-2H3,(H,23,26)/t18-,19-/m0/s1. The molecule has 156 valence electrons. The average molecular weight is 414 g/mol. The number of hydrogen-bond acceptors (Lipinski definition) is 6. The highest BCUT2D eigenvalue weighted by atomic mass is 19.1. The van der Waals surface area contributed by atoms with E-state index < -0.39 is 30.3 Å². The van der Waals surface area contributed by atoms with E-state index in [1.165, 1.54) is 25.0 Å². The van der Waals surface area contributed by atoms with Crippen LogP contribution in [0.1, 0.15) is 22.8 Å². The molecule has 2 heterocycles. The van der Waals surface area contributed by atoms with E-state index in [2.05, 4.69) is 10.1 Å². The van der Waals surface area contributed by atoms with Crippen molar-refractivity contribution in [3.8, 4) is 16.9 Å². The summed E-state index contributed by atoms with van der Waals surface area (Å²) in [6, 6.07) is 9.52. The maximum absolute atomic E-state index is 14.8. The Kier molecular flexibility index (Phi) is 5.03. The van der Waals surface area contributed by atoms with Crippen molar-refractivity contribution in [3.63, 3.8) is 0 Å². The molecule has 0 radical (unpaired) electrons. The second kappa shape index (κ2) is 7.66. The predicted molar refractivity (Wildman–Crippen MR) is 102 cm³/mol. The van der Waals surface area contributed by atoms with Crippen molar-refractivity contribution in [2.45, 2.75) is 25.8 Å². The summed E-state index contributed by atoms with van der Waals surface area (Å²) in [6.07, 6.45) is -2.79. The van der Waals surface area contributed by atoms with Crippen molar-refractivity contribution in [1.82, 2.24) is 10.2 Å². The molecule has 2 aliphatic rings. The highest BCUT2D eigenvalue weighted by Gasteiger charge is 2.46. The molecule has 2 aromatic rings. The fourth-order valence-corrected chi connectivity index (χ4v) is 3.51. The van der Waals surface area contributed by atoms with E-state index in [-0.39, 0.29) is 18.9 Å². The van der Waals surface area contributed by atoms with Crippen LogP contribution in [0.25, 0.3) is 11.1 Å². The molecule has 2 atom stereocenters. The van der Waals surface area contributed by atoms with Gasteiger partial charge in [-0.3, -0.25) is 9.69 Å². The van der Waals surface area contributed by atoms with E-state index in [0.29, 0.717) is 28.0 Å². The van der Waals surface area contributed by atoms with Crippen molar-refractivity contribution in [2.24, 2.45) is 0 Å². The van der Waals surface area contributed by atoms with Gasteiger partial charge in [0.1, 0.15) is 11.6 Å². The molecule has 2 aromatic carbocycles. The summed E-state index contributed by atoms with van der Waals surface area (Å²) in [5.41, 5.74) is 2.10. The van der Waals surface area contributed by atoms with Crippen molar-refractivity contribution < 1.29 is 33.0 Å². The van der Waals surface area contributed by atoms with Gasteiger partial charge in [0.25, 0.3) is 0 Å². The predicted octanol–water partition coefficient (Wildman–Crippen LogP) is 3.09. The van der Waals surface area contributed by atoms with Crippen LogP contribution in [-0.4, -0.2) is 48.9 Å². The third-order valence-corrected chi connectivity index (χ3v) is 5.09. The Bertz CT molecular complexity index is 1020. The van der Waals surface area contributed by atoms with Gasteiger partial charge in [-0.1, -0.05) is 24.3 Å². The summed E-state index contributed by atoms with van der Waals surface area (Å²) >= 11 is 0. The minimum atomic E-state index is -0.790. The Labute approximate surface area is 171 Å². The number of cyclic esters (lactones) is 1. The van der Waals surface area contributed by atoms with Crippen LogP contribution < -0.4 is 10.1 Å². The molecule has 0 aliphatic carbocycles. The van der Waals surface area contributed by atoms with Crippen LogP contribution in [0, 0.1) is 5.82 Å². The second-order valence-corrected chi connectivity index (χ2v) is 7.00. The summed E-state index contributed by atoms with van der Waals surface area (Å²) in [6.45, 7) is 1.63. The van der Waals surface area contributed by atoms with Crippen LogP contribution in [0.4, 0.5) is 14.0 Å². The van der Waals surface area contributed by atoms with Crippen molar-refractivity contribution in [3.05, 3.63) is 53.3 Å². The number of carbonyl (C=O) groups excluding carboxylic acids is 3. The van der Waals surface area contributed by atoms with Crippen molar-refractivity contribution in [1.29, 1.82) is 0 Å². The Hall–Kier alpha value is -3.62. The molecule has 0 saturated carbocycles. The Morgan fingerprint density at radius 3 is 2.63 bits per heavy atom. The molecule has 0 aromatic heterocycles. The fourth-order valence-electron chi connectivity index (χ4n) is 3.51. The largest absolute Gasteiger partial charge is 0.466 e. The molecule has 1 saturated heterocycles. The zero-order valence-corrected chi connectivity index (χ0v) is 16.3. The van der Waals surface area contributed by atoms with Crippen LogP contribution in [-0.2, 0) is 16.0 Å². The van der Waals surface area contributed by atoms with Gasteiger partial charge in [-0.15, -0.1) is 0 Å². The smallest absolute Gasteiger partial charge is 0.413 e. The zero-order valence-electron chi connectivity index (χ0n) is 16.3. The summed E-state index contributed by atoms with van der Waals surface area (Å²) in [7, 11) is 1.23. The molecule has 0 unspecified atom stereocenters. The van der Waals surface area contributed by atoms with Crippen LogP contribution in [0.3, 0.4) is 0 Å². The molecule has 1 N–H and O–H groups in total. The summed E-state index contributed by atoms with van der Waals surface area (Å²) in [5.74, 6) is -0.262. The summed E-state index contributed by atoms with van der Waals surface area (Å²) in [5, 5.41) is 2.46. The number of methoxy groups -OCH3 is 1. The Morgan fingerprint density at radius 2 is 1.97 bits per heavy atom. The van der Waals surface area contributed by atoms with Gasteiger partial charge in [-0.25, -0.2) is 14.0 Å². The number of ketones is 1. The molecule has 2 aliphatic heterocycles. The normalized spacial score (nSPS) is 19.3. The number of halogens is 1. The van der Waals surface area contributed by atoms with Gasteiger partial charge in [-0.05, 0) is 18.6 Å².